The fraction of sp³-hybridized carbons (Fsp3) is 0.667. The minimum absolute atomic E-state index is 0.0903. The van der Waals surface area contributed by atoms with E-state index in [1.165, 1.54) is 0 Å². The highest BCUT2D eigenvalue weighted by atomic mass is 16.2. The van der Waals surface area contributed by atoms with Crippen molar-refractivity contribution in [2.75, 3.05) is 0 Å². The minimum Gasteiger partial charge on any atom is -0.295 e. The average molecular weight is 114 g/mol. The summed E-state index contributed by atoms with van der Waals surface area (Å²) in [5.41, 5.74) is 0. The second kappa shape index (κ2) is 3.36. The number of hydrogen-bond donors (Lipinski definition) is 0. The Hall–Kier alpha value is -0.660. The molecule has 0 aliphatic rings. The zero-order valence-corrected chi connectivity index (χ0v) is 5.18. The normalized spacial score (nSPS) is 12.8. The van der Waals surface area contributed by atoms with Crippen molar-refractivity contribution in [2.24, 2.45) is 5.92 Å². The van der Waals surface area contributed by atoms with Gasteiger partial charge in [-0.1, -0.05) is 13.8 Å². The summed E-state index contributed by atoms with van der Waals surface area (Å²) in [6.07, 6.45) is 1.13. The number of carbonyl (C=O) groups excluding carboxylic acids is 2. The van der Waals surface area contributed by atoms with Crippen LogP contribution in [0.5, 0.6) is 0 Å². The van der Waals surface area contributed by atoms with Gasteiger partial charge in [0, 0.05) is 5.92 Å². The molecule has 0 aromatic carbocycles. The maximum Gasteiger partial charge on any atom is 0.197 e. The van der Waals surface area contributed by atoms with Gasteiger partial charge in [0.1, 0.15) is 0 Å². The Kier molecular flexibility index (Phi) is 3.08. The molecule has 0 fully saturated rings. The molecular weight excluding hydrogens is 104 g/mol. The zero-order valence-electron chi connectivity index (χ0n) is 5.18. The van der Waals surface area contributed by atoms with Crippen LogP contribution >= 0.6 is 0 Å². The van der Waals surface area contributed by atoms with Gasteiger partial charge in [0.05, 0.1) is 0 Å². The van der Waals surface area contributed by atoms with Crippen LogP contribution in [0.15, 0.2) is 0 Å². The topological polar surface area (TPSA) is 34.1 Å². The van der Waals surface area contributed by atoms with Gasteiger partial charge in [-0.15, -0.1) is 0 Å². The number of aldehydes is 1. The van der Waals surface area contributed by atoms with Crippen LogP contribution in [0.25, 0.3) is 0 Å². The molecule has 0 heterocycles. The van der Waals surface area contributed by atoms with Gasteiger partial charge in [-0.2, -0.15) is 0 Å². The van der Waals surface area contributed by atoms with Gasteiger partial charge in [0.2, 0.25) is 0 Å². The standard InChI is InChI=1S/C6H10O2/c1-3-5(2)6(8)4-7/h4-5H,3H2,1-2H3. The Labute approximate surface area is 48.9 Å². The zero-order chi connectivity index (χ0) is 6.57. The first-order valence-electron chi connectivity index (χ1n) is 2.71. The summed E-state index contributed by atoms with van der Waals surface area (Å²) in [6, 6.07) is 0. The van der Waals surface area contributed by atoms with E-state index in [1.54, 1.807) is 6.92 Å². The van der Waals surface area contributed by atoms with Gasteiger partial charge >= 0.3 is 0 Å². The van der Waals surface area contributed by atoms with Crippen molar-refractivity contribution in [3.05, 3.63) is 0 Å². The second-order valence-corrected chi connectivity index (χ2v) is 1.83. The van der Waals surface area contributed by atoms with Gasteiger partial charge < -0.3 is 0 Å². The molecule has 46 valence electrons. The van der Waals surface area contributed by atoms with Crippen molar-refractivity contribution >= 4 is 12.1 Å². The van der Waals surface area contributed by atoms with Crippen LogP contribution in [0, 0.1) is 5.92 Å². The molecule has 0 amide bonds. The Morgan fingerprint density at radius 2 is 2.25 bits per heavy atom. The first kappa shape index (κ1) is 7.34. The van der Waals surface area contributed by atoms with Crippen molar-refractivity contribution in [1.82, 2.24) is 0 Å². The lowest BCUT2D eigenvalue weighted by Gasteiger charge is -1.97. The number of carbonyl (C=O) groups is 2. The maximum atomic E-state index is 10.4. The molecule has 0 spiro atoms. The molecule has 2 nitrogen and oxygen atoms in total. The highest BCUT2D eigenvalue weighted by molar-refractivity contribution is 6.25. The fourth-order valence-electron chi connectivity index (χ4n) is 0.317. The minimum atomic E-state index is -0.299. The van der Waals surface area contributed by atoms with E-state index < -0.39 is 0 Å². The van der Waals surface area contributed by atoms with Crippen LogP contribution in [0.2, 0.25) is 0 Å². The first-order chi connectivity index (χ1) is 3.72. The van der Waals surface area contributed by atoms with Gasteiger partial charge in [-0.05, 0) is 6.42 Å². The molecule has 0 aromatic rings. The molecule has 0 bridgehead atoms. The van der Waals surface area contributed by atoms with Crippen molar-refractivity contribution < 1.29 is 9.59 Å². The van der Waals surface area contributed by atoms with E-state index in [2.05, 4.69) is 0 Å². The average Bonchev–Trinajstić information content (AvgIpc) is 1.84. The molecule has 1 unspecified atom stereocenters. The Morgan fingerprint density at radius 1 is 1.75 bits per heavy atom. The molecule has 8 heavy (non-hydrogen) atoms. The third-order valence-electron chi connectivity index (χ3n) is 1.21. The van der Waals surface area contributed by atoms with Gasteiger partial charge in [-0.25, -0.2) is 0 Å². The lowest BCUT2D eigenvalue weighted by atomic mass is 10.1. The van der Waals surface area contributed by atoms with Crippen molar-refractivity contribution in [3.63, 3.8) is 0 Å². The summed E-state index contributed by atoms with van der Waals surface area (Å²) in [5.74, 6) is -0.389. The van der Waals surface area contributed by atoms with E-state index in [9.17, 15) is 9.59 Å². The molecule has 1 atom stereocenters. The van der Waals surface area contributed by atoms with E-state index in [4.69, 9.17) is 0 Å². The summed E-state index contributed by atoms with van der Waals surface area (Å²) in [5, 5.41) is 0. The quantitative estimate of drug-likeness (QED) is 0.401. The van der Waals surface area contributed by atoms with E-state index in [-0.39, 0.29) is 11.7 Å². The Bertz CT molecular complexity index is 96.7. The summed E-state index contributed by atoms with van der Waals surface area (Å²) in [7, 11) is 0. The summed E-state index contributed by atoms with van der Waals surface area (Å²) in [4.78, 5) is 20.1. The molecule has 0 rings (SSSR count). The molecule has 0 saturated heterocycles. The molecule has 2 heteroatoms. The van der Waals surface area contributed by atoms with Crippen LogP contribution < -0.4 is 0 Å². The summed E-state index contributed by atoms with van der Waals surface area (Å²) in [6.45, 7) is 3.63. The van der Waals surface area contributed by atoms with Gasteiger partial charge in [0.25, 0.3) is 0 Å². The number of ketones is 1. The number of Topliss-reactive ketones (excluding diaryl/α,β-unsaturated/α-hetero) is 1. The molecular formula is C6H10O2. The fourth-order valence-corrected chi connectivity index (χ4v) is 0.317. The molecule has 0 aliphatic carbocycles. The highest BCUT2D eigenvalue weighted by Gasteiger charge is 2.06. The monoisotopic (exact) mass is 114 g/mol. The second-order valence-electron chi connectivity index (χ2n) is 1.83. The Morgan fingerprint density at radius 3 is 2.38 bits per heavy atom. The van der Waals surface area contributed by atoms with E-state index in [1.807, 2.05) is 6.92 Å². The molecule has 0 saturated carbocycles. The predicted molar refractivity (Wildman–Crippen MR) is 30.5 cm³/mol. The van der Waals surface area contributed by atoms with E-state index in [0.717, 1.165) is 6.42 Å². The predicted octanol–water partition coefficient (Wildman–Crippen LogP) is 0.800. The molecule has 0 N–H and O–H groups in total. The van der Waals surface area contributed by atoms with Gasteiger partial charge in [-0.3, -0.25) is 9.59 Å². The molecule has 0 radical (unpaired) electrons. The highest BCUT2D eigenvalue weighted by Crippen LogP contribution is 1.98. The third-order valence-corrected chi connectivity index (χ3v) is 1.21. The van der Waals surface area contributed by atoms with Gasteiger partial charge in [0.15, 0.2) is 12.1 Å². The van der Waals surface area contributed by atoms with Crippen molar-refractivity contribution in [2.45, 2.75) is 20.3 Å². The van der Waals surface area contributed by atoms with Crippen LogP contribution in [0.1, 0.15) is 20.3 Å². The largest absolute Gasteiger partial charge is 0.295 e. The summed E-state index contributed by atoms with van der Waals surface area (Å²) < 4.78 is 0. The summed E-state index contributed by atoms with van der Waals surface area (Å²) >= 11 is 0. The lowest BCUT2D eigenvalue weighted by molar-refractivity contribution is -0.132. The van der Waals surface area contributed by atoms with E-state index >= 15 is 0 Å². The Balaban J connectivity index is 3.62. The smallest absolute Gasteiger partial charge is 0.197 e. The SMILES string of the molecule is CCC(C)C(=O)C=O. The third kappa shape index (κ3) is 1.87. The van der Waals surface area contributed by atoms with Crippen molar-refractivity contribution in [3.8, 4) is 0 Å². The lowest BCUT2D eigenvalue weighted by Crippen LogP contribution is -2.09. The van der Waals surface area contributed by atoms with E-state index in [0.29, 0.717) is 6.29 Å². The van der Waals surface area contributed by atoms with Crippen LogP contribution in [-0.4, -0.2) is 12.1 Å². The maximum absolute atomic E-state index is 10.4. The number of rotatable bonds is 3. The number of hydrogen-bond acceptors (Lipinski definition) is 2. The molecule has 0 aliphatic heterocycles. The molecule has 0 aromatic heterocycles. The van der Waals surface area contributed by atoms with Crippen LogP contribution in [0.3, 0.4) is 0 Å². The van der Waals surface area contributed by atoms with Crippen molar-refractivity contribution in [1.29, 1.82) is 0 Å². The first-order valence-corrected chi connectivity index (χ1v) is 2.71. The van der Waals surface area contributed by atoms with Crippen LogP contribution in [0.4, 0.5) is 0 Å². The van der Waals surface area contributed by atoms with Crippen LogP contribution in [-0.2, 0) is 9.59 Å².